The quantitative estimate of drug-likeness (QED) is 0.557. The average molecular weight is 211 g/mol. The molecule has 0 bridgehead atoms. The van der Waals surface area contributed by atoms with Gasteiger partial charge in [-0.1, -0.05) is 38.1 Å². The van der Waals surface area contributed by atoms with E-state index in [1.807, 2.05) is 13.8 Å². The zero-order valence-electron chi connectivity index (χ0n) is 10.0. The molecule has 0 unspecified atom stereocenters. The molecule has 0 saturated carbocycles. The van der Waals surface area contributed by atoms with E-state index in [-0.39, 0.29) is 0 Å². The van der Waals surface area contributed by atoms with Crippen molar-refractivity contribution in [3.8, 4) is 0 Å². The van der Waals surface area contributed by atoms with Gasteiger partial charge in [-0.05, 0) is 35.9 Å². The molecular weight excluding hydrogens is 194 g/mol. The van der Waals surface area contributed by atoms with Crippen LogP contribution in [0.2, 0.25) is 0 Å². The van der Waals surface area contributed by atoms with Crippen molar-refractivity contribution < 1.29 is 0 Å². The van der Waals surface area contributed by atoms with Crippen LogP contribution in [0.4, 0.5) is 0 Å². The first-order valence-electron chi connectivity index (χ1n) is 5.81. The molecule has 0 radical (unpaired) electrons. The molecule has 0 atom stereocenters. The Morgan fingerprint density at radius 2 is 1.44 bits per heavy atom. The fraction of sp³-hybridized carbons (Fsp3) is 0.200. The minimum atomic E-state index is 1.22. The summed E-state index contributed by atoms with van der Waals surface area (Å²) >= 11 is 0. The van der Waals surface area contributed by atoms with E-state index in [9.17, 15) is 0 Å². The zero-order chi connectivity index (χ0) is 11.5. The van der Waals surface area contributed by atoms with Crippen LogP contribution in [-0.4, -0.2) is 4.98 Å². The molecule has 3 rings (SSSR count). The van der Waals surface area contributed by atoms with E-state index in [1.54, 1.807) is 0 Å². The predicted octanol–water partition coefficient (Wildman–Crippen LogP) is 4.66. The van der Waals surface area contributed by atoms with Crippen LogP contribution in [0.15, 0.2) is 42.5 Å². The Morgan fingerprint density at radius 1 is 0.812 bits per heavy atom. The second-order valence-electron chi connectivity index (χ2n) is 3.74. The summed E-state index contributed by atoms with van der Waals surface area (Å²) in [5.41, 5.74) is 2.44. The van der Waals surface area contributed by atoms with Gasteiger partial charge in [0, 0.05) is 16.6 Å². The number of fused-ring (bicyclic) bond motifs is 2. The maximum atomic E-state index is 3.35. The first-order valence-corrected chi connectivity index (χ1v) is 5.81. The fourth-order valence-electron chi connectivity index (χ4n) is 1.97. The monoisotopic (exact) mass is 211 g/mol. The molecule has 0 aliphatic carbocycles. The lowest BCUT2D eigenvalue weighted by atomic mass is 10.1. The van der Waals surface area contributed by atoms with Crippen LogP contribution in [-0.2, 0) is 0 Å². The number of hydrogen-bond acceptors (Lipinski definition) is 0. The molecule has 0 aliphatic heterocycles. The molecule has 1 nitrogen and oxygen atoms in total. The van der Waals surface area contributed by atoms with Crippen molar-refractivity contribution in [1.29, 1.82) is 0 Å². The molecule has 0 fully saturated rings. The highest BCUT2D eigenvalue weighted by molar-refractivity contribution is 5.97. The third-order valence-corrected chi connectivity index (χ3v) is 2.62. The van der Waals surface area contributed by atoms with Crippen molar-refractivity contribution in [2.45, 2.75) is 20.8 Å². The van der Waals surface area contributed by atoms with Crippen molar-refractivity contribution in [3.05, 3.63) is 48.2 Å². The number of hydrogen-bond donors (Lipinski definition) is 1. The van der Waals surface area contributed by atoms with Crippen LogP contribution < -0.4 is 0 Å². The molecule has 0 spiro atoms. The number of aromatic amines is 1. The Balaban J connectivity index is 0.000000457. The van der Waals surface area contributed by atoms with Crippen LogP contribution in [0.3, 0.4) is 0 Å². The normalized spacial score (nSPS) is 10.2. The topological polar surface area (TPSA) is 15.8 Å². The molecule has 2 aromatic carbocycles. The van der Waals surface area contributed by atoms with Gasteiger partial charge in [0.25, 0.3) is 0 Å². The molecule has 0 aliphatic rings. The van der Waals surface area contributed by atoms with E-state index >= 15 is 0 Å². The minimum absolute atomic E-state index is 1.22. The lowest BCUT2D eigenvalue weighted by Crippen LogP contribution is -1.72. The third kappa shape index (κ3) is 1.81. The maximum Gasteiger partial charge on any atom is 0.0462 e. The van der Waals surface area contributed by atoms with Gasteiger partial charge in [0.2, 0.25) is 0 Å². The molecule has 16 heavy (non-hydrogen) atoms. The molecule has 1 heterocycles. The summed E-state index contributed by atoms with van der Waals surface area (Å²) in [6.07, 6.45) is 0. The fourth-order valence-corrected chi connectivity index (χ4v) is 1.97. The predicted molar refractivity (Wildman–Crippen MR) is 71.9 cm³/mol. The SMILES string of the molecule is CC.Cc1cc2cc3ccccc3cc2[nH]1. The first-order chi connectivity index (χ1) is 7.83. The van der Waals surface area contributed by atoms with Gasteiger partial charge in [0.15, 0.2) is 0 Å². The number of nitrogens with one attached hydrogen (secondary N) is 1. The molecule has 1 heteroatoms. The lowest BCUT2D eigenvalue weighted by Gasteiger charge is -1.96. The summed E-state index contributed by atoms with van der Waals surface area (Å²) in [4.78, 5) is 3.35. The highest BCUT2D eigenvalue weighted by Crippen LogP contribution is 2.22. The molecule has 3 aromatic rings. The molecule has 1 N–H and O–H groups in total. The van der Waals surface area contributed by atoms with E-state index in [1.165, 1.54) is 27.4 Å². The second kappa shape index (κ2) is 4.40. The number of H-pyrrole nitrogens is 1. The van der Waals surface area contributed by atoms with Crippen molar-refractivity contribution in [3.63, 3.8) is 0 Å². The van der Waals surface area contributed by atoms with Crippen molar-refractivity contribution in [1.82, 2.24) is 4.98 Å². The standard InChI is InChI=1S/C13H11N.C2H6/c1-9-6-12-7-10-4-2-3-5-11(10)8-13(12)14-9;1-2/h2-8,14H,1H3;1-2H3. The number of aryl methyl sites for hydroxylation is 1. The van der Waals surface area contributed by atoms with E-state index < -0.39 is 0 Å². The maximum absolute atomic E-state index is 3.35. The van der Waals surface area contributed by atoms with Gasteiger partial charge >= 0.3 is 0 Å². The van der Waals surface area contributed by atoms with E-state index in [0.717, 1.165) is 0 Å². The van der Waals surface area contributed by atoms with E-state index in [2.05, 4.69) is 54.4 Å². The number of aromatic nitrogens is 1. The van der Waals surface area contributed by atoms with Crippen LogP contribution in [0.1, 0.15) is 19.5 Å². The highest BCUT2D eigenvalue weighted by Gasteiger charge is 1.99. The van der Waals surface area contributed by atoms with Gasteiger partial charge < -0.3 is 4.98 Å². The lowest BCUT2D eigenvalue weighted by molar-refractivity contribution is 1.30. The molecule has 1 aromatic heterocycles. The smallest absolute Gasteiger partial charge is 0.0462 e. The summed E-state index contributed by atoms with van der Waals surface area (Å²) in [5.74, 6) is 0. The molecule has 82 valence electrons. The van der Waals surface area contributed by atoms with Gasteiger partial charge in [-0.15, -0.1) is 0 Å². The highest BCUT2D eigenvalue weighted by atomic mass is 14.7. The van der Waals surface area contributed by atoms with E-state index in [4.69, 9.17) is 0 Å². The number of rotatable bonds is 0. The van der Waals surface area contributed by atoms with Gasteiger partial charge in [-0.25, -0.2) is 0 Å². The molecule has 0 saturated heterocycles. The summed E-state index contributed by atoms with van der Waals surface area (Å²) in [7, 11) is 0. The van der Waals surface area contributed by atoms with Crippen molar-refractivity contribution in [2.75, 3.05) is 0 Å². The van der Waals surface area contributed by atoms with E-state index in [0.29, 0.717) is 0 Å². The second-order valence-corrected chi connectivity index (χ2v) is 3.74. The summed E-state index contributed by atoms with van der Waals surface area (Å²) in [6, 6.07) is 15.1. The summed E-state index contributed by atoms with van der Waals surface area (Å²) in [5, 5.41) is 3.89. The Kier molecular flexibility index (Phi) is 2.95. The Bertz CT molecular complexity index is 552. The Hall–Kier alpha value is -1.76. The van der Waals surface area contributed by atoms with Crippen molar-refractivity contribution in [2.24, 2.45) is 0 Å². The van der Waals surface area contributed by atoms with Crippen LogP contribution in [0.25, 0.3) is 21.7 Å². The van der Waals surface area contributed by atoms with Crippen molar-refractivity contribution >= 4 is 21.7 Å². The minimum Gasteiger partial charge on any atom is -0.359 e. The Morgan fingerprint density at radius 3 is 2.12 bits per heavy atom. The third-order valence-electron chi connectivity index (χ3n) is 2.62. The summed E-state index contributed by atoms with van der Waals surface area (Å²) in [6.45, 7) is 6.09. The zero-order valence-corrected chi connectivity index (χ0v) is 10.0. The van der Waals surface area contributed by atoms with Crippen LogP contribution >= 0.6 is 0 Å². The first kappa shape index (κ1) is 10.7. The molecule has 0 amide bonds. The van der Waals surface area contributed by atoms with Crippen LogP contribution in [0.5, 0.6) is 0 Å². The molecular formula is C15H17N. The Labute approximate surface area is 96.1 Å². The van der Waals surface area contributed by atoms with Gasteiger partial charge in [-0.2, -0.15) is 0 Å². The van der Waals surface area contributed by atoms with Gasteiger partial charge in [0.1, 0.15) is 0 Å². The summed E-state index contributed by atoms with van der Waals surface area (Å²) < 4.78 is 0. The van der Waals surface area contributed by atoms with Crippen LogP contribution in [0, 0.1) is 6.92 Å². The number of benzene rings is 2. The largest absolute Gasteiger partial charge is 0.359 e. The average Bonchev–Trinajstić information content (AvgIpc) is 2.67. The van der Waals surface area contributed by atoms with Gasteiger partial charge in [-0.3, -0.25) is 0 Å². The van der Waals surface area contributed by atoms with Gasteiger partial charge in [0.05, 0.1) is 0 Å².